The fourth-order valence-corrected chi connectivity index (χ4v) is 5.00. The number of hydrogen-bond acceptors (Lipinski definition) is 6. The first-order valence-corrected chi connectivity index (χ1v) is 12.0. The molecule has 194 valence electrons. The molecule has 2 atom stereocenters. The van der Waals surface area contributed by atoms with Crippen molar-refractivity contribution in [3.8, 4) is 23.0 Å². The van der Waals surface area contributed by atoms with Crippen molar-refractivity contribution in [2.24, 2.45) is 5.92 Å². The average Bonchev–Trinajstić information content (AvgIpc) is 3.02. The van der Waals surface area contributed by atoms with E-state index in [1.807, 2.05) is 12.1 Å². The molecular weight excluding hydrogens is 498 g/mol. The predicted octanol–water partition coefficient (Wildman–Crippen LogP) is 5.14. The van der Waals surface area contributed by atoms with Crippen LogP contribution in [0, 0.1) is 5.92 Å². The zero-order valence-corrected chi connectivity index (χ0v) is 21.7. The van der Waals surface area contributed by atoms with Gasteiger partial charge in [-0.3, -0.25) is 9.59 Å². The number of ether oxygens (including phenoxy) is 4. The summed E-state index contributed by atoms with van der Waals surface area (Å²) in [7, 11) is 6.14. The summed E-state index contributed by atoms with van der Waals surface area (Å²) in [5.74, 6) is -1.45. The fourth-order valence-electron chi connectivity index (χ4n) is 4.82. The molecular formula is C28H28ClNO7. The van der Waals surface area contributed by atoms with Crippen LogP contribution in [0.1, 0.15) is 29.0 Å². The normalized spacial score (nSPS) is 17.0. The molecule has 0 aromatic heterocycles. The number of anilines is 1. The molecule has 8 nitrogen and oxygen atoms in total. The minimum absolute atomic E-state index is 0.0152. The number of carbonyl (C=O) groups excluding carboxylic acids is 1. The topological polar surface area (TPSA) is 94.5 Å². The number of benzene rings is 3. The minimum Gasteiger partial charge on any atom is -0.497 e. The number of aliphatic carboxylic acids is 1. The van der Waals surface area contributed by atoms with E-state index in [2.05, 4.69) is 0 Å². The van der Waals surface area contributed by atoms with E-state index in [9.17, 15) is 14.7 Å². The highest BCUT2D eigenvalue weighted by Crippen LogP contribution is 2.47. The number of hydrogen-bond donors (Lipinski definition) is 1. The van der Waals surface area contributed by atoms with Crippen LogP contribution in [0.2, 0.25) is 5.02 Å². The van der Waals surface area contributed by atoms with Crippen molar-refractivity contribution in [2.75, 3.05) is 33.3 Å². The minimum atomic E-state index is -1.31. The first-order valence-electron chi connectivity index (χ1n) is 11.6. The molecule has 3 aromatic carbocycles. The van der Waals surface area contributed by atoms with Crippen LogP contribution in [0.4, 0.5) is 5.69 Å². The lowest BCUT2D eigenvalue weighted by Gasteiger charge is -2.26. The average molecular weight is 526 g/mol. The zero-order valence-electron chi connectivity index (χ0n) is 21.0. The van der Waals surface area contributed by atoms with Crippen LogP contribution in [0.5, 0.6) is 23.0 Å². The summed E-state index contributed by atoms with van der Waals surface area (Å²) in [4.78, 5) is 27.7. The van der Waals surface area contributed by atoms with Gasteiger partial charge in [-0.2, -0.15) is 0 Å². The first-order chi connectivity index (χ1) is 17.8. The Kier molecular flexibility index (Phi) is 7.78. The molecule has 0 spiro atoms. The zero-order chi connectivity index (χ0) is 26.7. The van der Waals surface area contributed by atoms with Crippen molar-refractivity contribution >= 4 is 29.2 Å². The fraction of sp³-hybridized carbons (Fsp3) is 0.286. The molecule has 37 heavy (non-hydrogen) atoms. The summed E-state index contributed by atoms with van der Waals surface area (Å²) in [6.07, 6.45) is 0.0152. The number of fused-ring (bicyclic) bond motifs is 1. The van der Waals surface area contributed by atoms with Crippen LogP contribution < -0.4 is 23.8 Å². The van der Waals surface area contributed by atoms with E-state index in [0.717, 1.165) is 0 Å². The highest BCUT2D eigenvalue weighted by Gasteiger charge is 2.41. The van der Waals surface area contributed by atoms with E-state index in [4.69, 9.17) is 30.5 Å². The van der Waals surface area contributed by atoms with Gasteiger partial charge in [-0.05, 0) is 48.4 Å². The lowest BCUT2D eigenvalue weighted by atomic mass is 9.83. The SMILES string of the molecule is COc1ccc(CN2C(=O)C(C(=O)O)CC(c3cccc(OC)c3OC)c3cc(Cl)ccc32)c(OC)c1. The second kappa shape index (κ2) is 11.0. The van der Waals surface area contributed by atoms with E-state index < -0.39 is 23.7 Å². The Bertz CT molecular complexity index is 1330. The Morgan fingerprint density at radius 3 is 2.35 bits per heavy atom. The number of carboxylic acid groups (broad SMARTS) is 1. The third-order valence-electron chi connectivity index (χ3n) is 6.62. The van der Waals surface area contributed by atoms with Gasteiger partial charge < -0.3 is 29.0 Å². The van der Waals surface area contributed by atoms with Gasteiger partial charge in [0.05, 0.1) is 35.0 Å². The number of amides is 1. The molecule has 1 amide bonds. The van der Waals surface area contributed by atoms with Gasteiger partial charge in [0.1, 0.15) is 17.4 Å². The van der Waals surface area contributed by atoms with Gasteiger partial charge in [-0.1, -0.05) is 23.7 Å². The Labute approximate surface area is 220 Å². The van der Waals surface area contributed by atoms with Gasteiger partial charge in [0.15, 0.2) is 11.5 Å². The lowest BCUT2D eigenvalue weighted by Crippen LogP contribution is -2.38. The molecule has 0 fully saturated rings. The smallest absolute Gasteiger partial charge is 0.316 e. The molecule has 1 aliphatic heterocycles. The predicted molar refractivity (Wildman–Crippen MR) is 139 cm³/mol. The van der Waals surface area contributed by atoms with Gasteiger partial charge in [-0.15, -0.1) is 0 Å². The molecule has 1 heterocycles. The van der Waals surface area contributed by atoms with Gasteiger partial charge in [0.2, 0.25) is 5.91 Å². The number of carboxylic acids is 1. The van der Waals surface area contributed by atoms with E-state index in [1.165, 1.54) is 26.2 Å². The van der Waals surface area contributed by atoms with Gasteiger partial charge >= 0.3 is 5.97 Å². The maximum absolute atomic E-state index is 13.8. The standard InChI is InChI=1S/C28H28ClNO7/c1-34-18-10-8-16(25(13-18)36-3)15-30-23-11-9-17(29)12-21(23)20(14-22(27(30)31)28(32)33)19-6-5-7-24(35-2)26(19)37-4/h5-13,20,22H,14-15H2,1-4H3,(H,32,33). The maximum atomic E-state index is 13.8. The summed E-state index contributed by atoms with van der Waals surface area (Å²) < 4.78 is 22.0. The molecule has 0 radical (unpaired) electrons. The molecule has 2 unspecified atom stereocenters. The van der Waals surface area contributed by atoms with E-state index >= 15 is 0 Å². The Morgan fingerprint density at radius 1 is 0.946 bits per heavy atom. The molecule has 1 aliphatic rings. The number of methoxy groups -OCH3 is 4. The molecule has 9 heteroatoms. The lowest BCUT2D eigenvalue weighted by molar-refractivity contribution is -0.146. The number of carbonyl (C=O) groups is 2. The maximum Gasteiger partial charge on any atom is 0.316 e. The van der Waals surface area contributed by atoms with Crippen LogP contribution in [0.25, 0.3) is 0 Å². The van der Waals surface area contributed by atoms with Gasteiger partial charge in [-0.25, -0.2) is 0 Å². The quantitative estimate of drug-likeness (QED) is 0.407. The summed E-state index contributed by atoms with van der Waals surface area (Å²) in [6.45, 7) is 0.0897. The van der Waals surface area contributed by atoms with Gasteiger partial charge in [0.25, 0.3) is 0 Å². The van der Waals surface area contributed by atoms with Crippen LogP contribution >= 0.6 is 11.6 Å². The number of nitrogens with zero attached hydrogens (tertiary/aromatic N) is 1. The van der Waals surface area contributed by atoms with Crippen molar-refractivity contribution in [2.45, 2.75) is 18.9 Å². The van der Waals surface area contributed by atoms with E-state index in [1.54, 1.807) is 49.6 Å². The highest BCUT2D eigenvalue weighted by atomic mass is 35.5. The second-order valence-corrected chi connectivity index (χ2v) is 9.00. The Hall–Kier alpha value is -3.91. The molecule has 0 aliphatic carbocycles. The van der Waals surface area contributed by atoms with Crippen LogP contribution in [0.15, 0.2) is 54.6 Å². The number of halogens is 1. The van der Waals surface area contributed by atoms with Crippen molar-refractivity contribution in [1.29, 1.82) is 0 Å². The van der Waals surface area contributed by atoms with Crippen molar-refractivity contribution in [3.05, 3.63) is 76.3 Å². The van der Waals surface area contributed by atoms with Crippen LogP contribution in [-0.4, -0.2) is 45.4 Å². The molecule has 4 rings (SSSR count). The summed E-state index contributed by atoms with van der Waals surface area (Å²) >= 11 is 6.43. The van der Waals surface area contributed by atoms with E-state index in [-0.39, 0.29) is 13.0 Å². The highest BCUT2D eigenvalue weighted by molar-refractivity contribution is 6.30. The summed E-state index contributed by atoms with van der Waals surface area (Å²) in [5.41, 5.74) is 2.67. The summed E-state index contributed by atoms with van der Waals surface area (Å²) in [6, 6.07) is 15.9. The molecule has 0 saturated carbocycles. The summed E-state index contributed by atoms with van der Waals surface area (Å²) in [5, 5.41) is 10.6. The third kappa shape index (κ3) is 5.02. The molecule has 1 N–H and O–H groups in total. The first kappa shape index (κ1) is 26.2. The van der Waals surface area contributed by atoms with Gasteiger partial charge in [0, 0.05) is 33.8 Å². The van der Waals surface area contributed by atoms with Crippen LogP contribution in [-0.2, 0) is 16.1 Å². The van der Waals surface area contributed by atoms with E-state index in [0.29, 0.717) is 50.4 Å². The molecule has 0 saturated heterocycles. The van der Waals surface area contributed by atoms with Crippen LogP contribution in [0.3, 0.4) is 0 Å². The molecule has 0 bridgehead atoms. The largest absolute Gasteiger partial charge is 0.497 e. The Morgan fingerprint density at radius 2 is 1.70 bits per heavy atom. The number of rotatable bonds is 8. The molecule has 3 aromatic rings. The Balaban J connectivity index is 1.92. The monoisotopic (exact) mass is 525 g/mol. The van der Waals surface area contributed by atoms with Crippen molar-refractivity contribution in [3.63, 3.8) is 0 Å². The third-order valence-corrected chi connectivity index (χ3v) is 6.86. The van der Waals surface area contributed by atoms with Crippen molar-refractivity contribution < 1.29 is 33.6 Å². The van der Waals surface area contributed by atoms with Crippen molar-refractivity contribution in [1.82, 2.24) is 0 Å². The second-order valence-electron chi connectivity index (χ2n) is 8.57. The number of para-hydroxylation sites is 1.